The summed E-state index contributed by atoms with van der Waals surface area (Å²) in [4.78, 5) is 18.4. The third kappa shape index (κ3) is 202. The van der Waals surface area contributed by atoms with E-state index < -0.39 is 5.97 Å². The van der Waals surface area contributed by atoms with Gasteiger partial charge in [-0.15, -0.1) is 0 Å². The van der Waals surface area contributed by atoms with Crippen molar-refractivity contribution in [1.29, 1.82) is 5.26 Å². The smallest absolute Gasteiger partial charge is 0.300 e. The molecule has 0 bridgehead atoms. The zero-order valence-electron chi connectivity index (χ0n) is 7.21. The maximum absolute atomic E-state index is 9.44. The lowest BCUT2D eigenvalue weighted by atomic mass is 10.6. The maximum Gasteiger partial charge on any atom is 0.300 e. The van der Waals surface area contributed by atoms with E-state index >= 15 is 0 Å². The van der Waals surface area contributed by atoms with Crippen LogP contribution in [-0.4, -0.2) is 16.9 Å². The number of hydrogen-bond donors (Lipinski definition) is 1. The minimum atomic E-state index is -0.833. The number of nitriles is 1. The first-order chi connectivity index (χ1) is 4.88. The number of Topliss-reactive ketones (excluding diaryl/α,β-unsaturated/α-hetero) is 1. The van der Waals surface area contributed by atoms with Crippen LogP contribution in [0.5, 0.6) is 0 Å². The summed E-state index contributed by atoms with van der Waals surface area (Å²) in [5, 5.41) is 14.7. The molecule has 0 saturated heterocycles. The number of rotatable bonds is 0. The van der Waals surface area contributed by atoms with Crippen molar-refractivity contribution in [1.82, 2.24) is 0 Å². The molecule has 11 heavy (non-hydrogen) atoms. The van der Waals surface area contributed by atoms with E-state index in [1.54, 1.807) is 6.07 Å². The lowest BCUT2D eigenvalue weighted by Gasteiger charge is -1.59. The summed E-state index contributed by atoms with van der Waals surface area (Å²) in [5.74, 6) is -0.667. The van der Waals surface area contributed by atoms with E-state index in [2.05, 4.69) is 0 Å². The molecule has 0 fully saturated rings. The summed E-state index contributed by atoms with van der Waals surface area (Å²) in [6.07, 6.45) is 0. The Hall–Kier alpha value is -1.37. The van der Waals surface area contributed by atoms with Gasteiger partial charge in [-0.3, -0.25) is 4.79 Å². The predicted molar refractivity (Wildman–Crippen MR) is 41.0 cm³/mol. The highest BCUT2D eigenvalue weighted by molar-refractivity contribution is 5.72. The minimum absolute atomic E-state index is 0.167. The van der Waals surface area contributed by atoms with Crippen molar-refractivity contribution in [2.45, 2.75) is 27.7 Å². The highest BCUT2D eigenvalue weighted by Crippen LogP contribution is 1.50. The predicted octanol–water partition coefficient (Wildman–Crippen LogP) is 1.22. The summed E-state index contributed by atoms with van der Waals surface area (Å²) in [5.41, 5.74) is 0. The Morgan fingerprint density at radius 2 is 1.27 bits per heavy atom. The number of carboxylic acids is 1. The van der Waals surface area contributed by atoms with Gasteiger partial charge in [0.15, 0.2) is 0 Å². The number of aliphatic carboxylic acids is 1. The van der Waals surface area contributed by atoms with Gasteiger partial charge in [-0.05, 0) is 13.8 Å². The first-order valence-electron chi connectivity index (χ1n) is 2.86. The van der Waals surface area contributed by atoms with Gasteiger partial charge < -0.3 is 9.90 Å². The molecule has 4 nitrogen and oxygen atoms in total. The topological polar surface area (TPSA) is 78.2 Å². The van der Waals surface area contributed by atoms with Crippen LogP contribution in [-0.2, 0) is 9.59 Å². The number of carboxylic acid groups (broad SMARTS) is 1. The lowest BCUT2D eigenvalue weighted by molar-refractivity contribution is -0.134. The van der Waals surface area contributed by atoms with Crippen molar-refractivity contribution < 1.29 is 14.7 Å². The van der Waals surface area contributed by atoms with E-state index in [1.165, 1.54) is 20.8 Å². The van der Waals surface area contributed by atoms with Gasteiger partial charge >= 0.3 is 0 Å². The Bertz CT molecular complexity index is 126. The number of carbonyl (C=O) groups is 2. The molecule has 0 heterocycles. The summed E-state index contributed by atoms with van der Waals surface area (Å²) in [6, 6.07) is 1.75. The molecule has 0 spiro atoms. The summed E-state index contributed by atoms with van der Waals surface area (Å²) in [7, 11) is 0. The standard InChI is InChI=1S/C3H6O.C2H3N.C2H4O2/c1-3(2)4;1-2-3;1-2(3)4/h1-2H3;1H3;1H3,(H,3,4). The van der Waals surface area contributed by atoms with Gasteiger partial charge in [0.1, 0.15) is 5.78 Å². The van der Waals surface area contributed by atoms with Crippen LogP contribution in [0.4, 0.5) is 0 Å². The molecule has 0 saturated carbocycles. The fourth-order valence-corrected chi connectivity index (χ4v) is 0. The van der Waals surface area contributed by atoms with E-state index in [0.717, 1.165) is 6.92 Å². The van der Waals surface area contributed by atoms with Gasteiger partial charge in [-0.25, -0.2) is 0 Å². The zero-order chi connectivity index (χ0) is 9.86. The van der Waals surface area contributed by atoms with E-state index in [4.69, 9.17) is 15.2 Å². The molecule has 0 aliphatic carbocycles. The van der Waals surface area contributed by atoms with Crippen LogP contribution in [0.15, 0.2) is 0 Å². The van der Waals surface area contributed by atoms with Crippen LogP contribution in [0.25, 0.3) is 0 Å². The van der Waals surface area contributed by atoms with Gasteiger partial charge in [0, 0.05) is 13.8 Å². The molecule has 0 unspecified atom stereocenters. The van der Waals surface area contributed by atoms with Gasteiger partial charge in [0.2, 0.25) is 0 Å². The van der Waals surface area contributed by atoms with Crippen LogP contribution in [0, 0.1) is 11.3 Å². The third-order valence-corrected chi connectivity index (χ3v) is 0. The van der Waals surface area contributed by atoms with E-state index in [9.17, 15) is 4.79 Å². The molecule has 4 heteroatoms. The maximum atomic E-state index is 9.44. The molecule has 1 N–H and O–H groups in total. The zero-order valence-corrected chi connectivity index (χ0v) is 7.21. The Labute approximate surface area is 66.5 Å². The van der Waals surface area contributed by atoms with E-state index in [1.807, 2.05) is 0 Å². The van der Waals surface area contributed by atoms with Crippen LogP contribution in [0.1, 0.15) is 27.7 Å². The fraction of sp³-hybridized carbons (Fsp3) is 0.571. The number of carbonyl (C=O) groups excluding carboxylic acids is 1. The van der Waals surface area contributed by atoms with Gasteiger partial charge in [0.05, 0.1) is 6.07 Å². The summed E-state index contributed by atoms with van der Waals surface area (Å²) in [6.45, 7) is 5.57. The lowest BCUT2D eigenvalue weighted by Crippen LogP contribution is -1.78. The molecule has 0 radical (unpaired) electrons. The minimum Gasteiger partial charge on any atom is -0.481 e. The average molecular weight is 159 g/mol. The van der Waals surface area contributed by atoms with E-state index in [0.29, 0.717) is 0 Å². The van der Waals surface area contributed by atoms with E-state index in [-0.39, 0.29) is 5.78 Å². The van der Waals surface area contributed by atoms with Gasteiger partial charge in [-0.1, -0.05) is 0 Å². The summed E-state index contributed by atoms with van der Waals surface area (Å²) >= 11 is 0. The van der Waals surface area contributed by atoms with Crippen molar-refractivity contribution in [2.75, 3.05) is 0 Å². The number of nitrogens with zero attached hydrogens (tertiary/aromatic N) is 1. The molecule has 0 aromatic heterocycles. The SMILES string of the molecule is CC#N.CC(=O)O.CC(C)=O. The van der Waals surface area contributed by atoms with Gasteiger partial charge in [0.25, 0.3) is 5.97 Å². The Morgan fingerprint density at radius 3 is 1.27 bits per heavy atom. The second-order valence-corrected chi connectivity index (χ2v) is 1.65. The highest BCUT2D eigenvalue weighted by Gasteiger charge is 1.65. The molecular weight excluding hydrogens is 146 g/mol. The number of ketones is 1. The second kappa shape index (κ2) is 15.9. The first kappa shape index (κ1) is 16.3. The van der Waals surface area contributed by atoms with Crippen molar-refractivity contribution in [3.8, 4) is 6.07 Å². The quantitative estimate of drug-likeness (QED) is 0.576. The van der Waals surface area contributed by atoms with Gasteiger partial charge in [-0.2, -0.15) is 5.26 Å². The largest absolute Gasteiger partial charge is 0.481 e. The molecule has 64 valence electrons. The van der Waals surface area contributed by atoms with Crippen molar-refractivity contribution in [2.24, 2.45) is 0 Å². The fourth-order valence-electron chi connectivity index (χ4n) is 0. The van der Waals surface area contributed by atoms with Crippen molar-refractivity contribution in [3.63, 3.8) is 0 Å². The van der Waals surface area contributed by atoms with Crippen LogP contribution >= 0.6 is 0 Å². The molecule has 0 aliphatic heterocycles. The molecule has 0 atom stereocenters. The molecule has 0 aromatic rings. The first-order valence-corrected chi connectivity index (χ1v) is 2.86. The Kier molecular flexibility index (Phi) is 23.5. The van der Waals surface area contributed by atoms with Crippen molar-refractivity contribution in [3.05, 3.63) is 0 Å². The van der Waals surface area contributed by atoms with Crippen LogP contribution in [0.2, 0.25) is 0 Å². The molecule has 0 aromatic carbocycles. The second-order valence-electron chi connectivity index (χ2n) is 1.65. The van der Waals surface area contributed by atoms with Crippen LogP contribution < -0.4 is 0 Å². The highest BCUT2D eigenvalue weighted by atomic mass is 16.4. The molecule has 0 amide bonds. The monoisotopic (exact) mass is 159 g/mol. The molecular formula is C7H13NO3. The van der Waals surface area contributed by atoms with Crippen LogP contribution in [0.3, 0.4) is 0 Å². The average Bonchev–Trinajstić information content (AvgIpc) is 1.60. The Morgan fingerprint density at radius 1 is 1.27 bits per heavy atom. The normalized spacial score (nSPS) is 5.36. The third-order valence-electron chi connectivity index (χ3n) is 0. The summed E-state index contributed by atoms with van der Waals surface area (Å²) < 4.78 is 0. The van der Waals surface area contributed by atoms with Crippen molar-refractivity contribution >= 4 is 11.8 Å². The molecule has 0 rings (SSSR count). The molecule has 0 aliphatic rings. The Balaban J connectivity index is -0.0000000886. The number of hydrogen-bond acceptors (Lipinski definition) is 3.